The van der Waals surface area contributed by atoms with Gasteiger partial charge in [0, 0.05) is 30.7 Å². The molecule has 136 valence electrons. The fraction of sp³-hybridized carbons (Fsp3) is 0.632. The van der Waals surface area contributed by atoms with Crippen molar-refractivity contribution in [2.75, 3.05) is 39.8 Å². The first kappa shape index (κ1) is 18.2. The number of piperidine rings is 1. The number of nitriles is 1. The molecule has 1 aromatic rings. The van der Waals surface area contributed by atoms with Crippen LogP contribution in [0.5, 0.6) is 0 Å². The Balaban J connectivity index is 1.73. The van der Waals surface area contributed by atoms with Crippen LogP contribution in [-0.2, 0) is 6.42 Å². The van der Waals surface area contributed by atoms with Gasteiger partial charge in [-0.1, -0.05) is 12.2 Å². The summed E-state index contributed by atoms with van der Waals surface area (Å²) in [5, 5.41) is 25.6. The molecule has 0 amide bonds. The molecule has 1 saturated heterocycles. The highest BCUT2D eigenvalue weighted by Gasteiger charge is 2.29. The Hall–Kier alpha value is -1.65. The van der Waals surface area contributed by atoms with Crippen molar-refractivity contribution in [1.82, 2.24) is 15.5 Å². The van der Waals surface area contributed by atoms with Crippen molar-refractivity contribution >= 4 is 6.08 Å². The Labute approximate surface area is 149 Å². The van der Waals surface area contributed by atoms with Crippen LogP contribution in [0, 0.1) is 17.2 Å². The average Bonchev–Trinajstić information content (AvgIpc) is 3.00. The van der Waals surface area contributed by atoms with Crippen LogP contribution in [0.4, 0.5) is 0 Å². The number of furan rings is 1. The summed E-state index contributed by atoms with van der Waals surface area (Å²) in [5.74, 6) is 1.97. The molecule has 3 N–H and O–H groups in total. The topological polar surface area (TPSA) is 84.5 Å². The highest BCUT2D eigenvalue weighted by Crippen LogP contribution is 2.32. The van der Waals surface area contributed by atoms with Crippen LogP contribution in [0.2, 0.25) is 0 Å². The van der Waals surface area contributed by atoms with E-state index in [1.54, 1.807) is 0 Å². The summed E-state index contributed by atoms with van der Waals surface area (Å²) in [4.78, 5) is 2.38. The van der Waals surface area contributed by atoms with E-state index in [4.69, 9.17) is 9.52 Å². The number of fused-ring (bicyclic) bond motifs is 1. The van der Waals surface area contributed by atoms with Gasteiger partial charge >= 0.3 is 0 Å². The minimum Gasteiger partial charge on any atom is -0.449 e. The van der Waals surface area contributed by atoms with E-state index in [1.807, 2.05) is 12.2 Å². The molecule has 3 heterocycles. The third-order valence-electron chi connectivity index (χ3n) is 5.18. The van der Waals surface area contributed by atoms with Gasteiger partial charge in [0.25, 0.3) is 0 Å². The molecule has 0 aromatic carbocycles. The molecule has 1 fully saturated rings. The number of nitrogens with one attached hydrogen (secondary N) is 2. The maximum absolute atomic E-state index is 9.40. The largest absolute Gasteiger partial charge is 0.449 e. The average molecular weight is 344 g/mol. The second kappa shape index (κ2) is 8.63. The van der Waals surface area contributed by atoms with E-state index in [1.165, 1.54) is 12.8 Å². The number of hydrogen-bond donors (Lipinski definition) is 3. The van der Waals surface area contributed by atoms with Gasteiger partial charge in [-0.2, -0.15) is 5.26 Å². The Bertz CT molecular complexity index is 639. The van der Waals surface area contributed by atoms with Crippen molar-refractivity contribution in [3.8, 4) is 6.07 Å². The maximum Gasteiger partial charge on any atom is 0.211 e. The first-order chi connectivity index (χ1) is 12.2. The van der Waals surface area contributed by atoms with Crippen LogP contribution in [-0.4, -0.2) is 49.8 Å². The van der Waals surface area contributed by atoms with Crippen LogP contribution < -0.4 is 10.6 Å². The zero-order valence-corrected chi connectivity index (χ0v) is 14.9. The Morgan fingerprint density at radius 3 is 2.96 bits per heavy atom. The maximum atomic E-state index is 9.40. The fourth-order valence-electron chi connectivity index (χ4n) is 3.69. The van der Waals surface area contributed by atoms with Gasteiger partial charge in [0.2, 0.25) is 5.76 Å². The summed E-state index contributed by atoms with van der Waals surface area (Å²) in [5.41, 5.74) is 1.91. The molecule has 0 aliphatic carbocycles. The molecule has 6 nitrogen and oxygen atoms in total. The van der Waals surface area contributed by atoms with E-state index in [0.717, 1.165) is 49.5 Å². The normalized spacial score (nSPS) is 22.2. The lowest BCUT2D eigenvalue weighted by atomic mass is 9.95. The minimum atomic E-state index is 0.0167. The number of hydrogen-bond acceptors (Lipinski definition) is 6. The molecular weight excluding hydrogens is 316 g/mol. The van der Waals surface area contributed by atoms with Crippen molar-refractivity contribution < 1.29 is 9.52 Å². The van der Waals surface area contributed by atoms with Gasteiger partial charge in [0.05, 0.1) is 6.17 Å². The van der Waals surface area contributed by atoms with Crippen molar-refractivity contribution in [1.29, 1.82) is 5.26 Å². The van der Waals surface area contributed by atoms with E-state index in [0.29, 0.717) is 18.1 Å². The molecule has 0 spiro atoms. The monoisotopic (exact) mass is 344 g/mol. The van der Waals surface area contributed by atoms with Gasteiger partial charge in [0.15, 0.2) is 0 Å². The third kappa shape index (κ3) is 4.31. The zero-order chi connectivity index (χ0) is 17.6. The van der Waals surface area contributed by atoms with Gasteiger partial charge < -0.3 is 14.4 Å². The number of rotatable bonds is 6. The zero-order valence-electron chi connectivity index (χ0n) is 14.9. The van der Waals surface area contributed by atoms with E-state index in [-0.39, 0.29) is 12.8 Å². The van der Waals surface area contributed by atoms with Crippen molar-refractivity contribution in [2.24, 2.45) is 5.92 Å². The number of likely N-dealkylation sites (tertiary alicyclic amines) is 1. The predicted molar refractivity (Wildman–Crippen MR) is 96.8 cm³/mol. The van der Waals surface area contributed by atoms with Crippen molar-refractivity contribution in [3.63, 3.8) is 0 Å². The summed E-state index contributed by atoms with van der Waals surface area (Å²) in [6, 6.07) is 2.17. The van der Waals surface area contributed by atoms with Gasteiger partial charge in [0.1, 0.15) is 11.8 Å². The smallest absolute Gasteiger partial charge is 0.211 e. The van der Waals surface area contributed by atoms with Crippen molar-refractivity contribution in [2.45, 2.75) is 31.8 Å². The Morgan fingerprint density at radius 2 is 2.24 bits per heavy atom. The van der Waals surface area contributed by atoms with E-state index in [9.17, 15) is 5.26 Å². The SMILES string of the molecule is CN1CCC(CNC2NCCc3oc(C#N)c(/C=C/CCO)c32)CC1. The Kier molecular flexibility index (Phi) is 6.27. The molecule has 2 aliphatic heterocycles. The number of aliphatic hydroxyl groups excluding tert-OH is 1. The lowest BCUT2D eigenvalue weighted by Gasteiger charge is -2.31. The second-order valence-corrected chi connectivity index (χ2v) is 7.00. The highest BCUT2D eigenvalue weighted by atomic mass is 16.3. The first-order valence-electron chi connectivity index (χ1n) is 9.21. The lowest BCUT2D eigenvalue weighted by molar-refractivity contribution is 0.209. The fourth-order valence-corrected chi connectivity index (χ4v) is 3.69. The number of aliphatic hydroxyl groups is 1. The summed E-state index contributed by atoms with van der Waals surface area (Å²) in [6.07, 6.45) is 7.64. The van der Waals surface area contributed by atoms with Crippen molar-refractivity contribution in [3.05, 3.63) is 28.7 Å². The molecule has 2 aliphatic rings. The lowest BCUT2D eigenvalue weighted by Crippen LogP contribution is -2.43. The third-order valence-corrected chi connectivity index (χ3v) is 5.18. The predicted octanol–water partition coefficient (Wildman–Crippen LogP) is 1.62. The quantitative estimate of drug-likeness (QED) is 0.727. The van der Waals surface area contributed by atoms with Gasteiger partial charge in [-0.05, 0) is 51.9 Å². The molecule has 1 aromatic heterocycles. The van der Waals surface area contributed by atoms with Gasteiger partial charge in [-0.3, -0.25) is 10.6 Å². The van der Waals surface area contributed by atoms with Crippen LogP contribution in [0.25, 0.3) is 6.08 Å². The molecule has 25 heavy (non-hydrogen) atoms. The summed E-state index contributed by atoms with van der Waals surface area (Å²) >= 11 is 0. The standard InChI is InChI=1S/C19H28N4O2/c1-23-9-6-14(7-10-23)13-22-19-18-15(4-2-3-11-24)17(12-20)25-16(18)5-8-21-19/h2,4,14,19,21-22,24H,3,5-11,13H2,1H3/b4-2+. The van der Waals surface area contributed by atoms with Crippen LogP contribution in [0.3, 0.4) is 0 Å². The van der Waals surface area contributed by atoms with E-state index in [2.05, 4.69) is 28.7 Å². The molecule has 0 radical (unpaired) electrons. The van der Waals surface area contributed by atoms with Crippen LogP contribution in [0.15, 0.2) is 10.5 Å². The van der Waals surface area contributed by atoms with Crippen LogP contribution >= 0.6 is 0 Å². The molecule has 0 bridgehead atoms. The molecule has 1 unspecified atom stereocenters. The summed E-state index contributed by atoms with van der Waals surface area (Å²) < 4.78 is 5.79. The molecular formula is C19H28N4O2. The van der Waals surface area contributed by atoms with Crippen LogP contribution in [0.1, 0.15) is 48.1 Å². The second-order valence-electron chi connectivity index (χ2n) is 7.00. The molecule has 1 atom stereocenters. The van der Waals surface area contributed by atoms with Gasteiger partial charge in [-0.25, -0.2) is 0 Å². The highest BCUT2D eigenvalue weighted by molar-refractivity contribution is 5.61. The minimum absolute atomic E-state index is 0.0167. The first-order valence-corrected chi connectivity index (χ1v) is 9.21. The summed E-state index contributed by atoms with van der Waals surface area (Å²) in [6.45, 7) is 4.24. The van der Waals surface area contributed by atoms with E-state index >= 15 is 0 Å². The molecule has 0 saturated carbocycles. The molecule has 6 heteroatoms. The van der Waals surface area contributed by atoms with E-state index < -0.39 is 0 Å². The number of nitrogens with zero attached hydrogens (tertiary/aromatic N) is 2. The van der Waals surface area contributed by atoms with Gasteiger partial charge in [-0.15, -0.1) is 0 Å². The molecule has 3 rings (SSSR count). The Morgan fingerprint density at radius 1 is 1.44 bits per heavy atom. The summed E-state index contributed by atoms with van der Waals surface area (Å²) in [7, 11) is 2.18.